The Hall–Kier alpha value is -2.81. The van der Waals surface area contributed by atoms with Crippen LogP contribution in [0.25, 0.3) is 0 Å². The maximum atomic E-state index is 5.63. The van der Waals surface area contributed by atoms with Gasteiger partial charge in [-0.25, -0.2) is 4.98 Å². The van der Waals surface area contributed by atoms with Gasteiger partial charge in [-0.15, -0.1) is 0 Å². The molecular weight excluding hydrogens is 436 g/mol. The molecule has 0 bridgehead atoms. The Balaban J connectivity index is 1.20. The molecule has 1 aromatic carbocycles. The normalized spacial score (nSPS) is 17.4. The quantitative estimate of drug-likeness (QED) is 0.485. The van der Waals surface area contributed by atoms with Gasteiger partial charge in [0.2, 0.25) is 12.2 Å². The summed E-state index contributed by atoms with van der Waals surface area (Å²) in [5.74, 6) is 4.27. The van der Waals surface area contributed by atoms with Gasteiger partial charge >= 0.3 is 0 Å². The van der Waals surface area contributed by atoms with Crippen molar-refractivity contribution >= 4 is 33.5 Å². The molecule has 0 amide bonds. The number of fused-ring (bicyclic) bond motifs is 1. The van der Waals surface area contributed by atoms with Crippen LogP contribution in [0.4, 0.5) is 17.6 Å². The molecule has 1 fully saturated rings. The molecule has 5 rings (SSSR count). The molecule has 2 aromatic heterocycles. The largest absolute Gasteiger partial charge is 0.451 e. The third-order valence-corrected chi connectivity index (χ3v) is 5.46. The van der Waals surface area contributed by atoms with Gasteiger partial charge in [-0.1, -0.05) is 6.07 Å². The lowest BCUT2D eigenvalue weighted by Gasteiger charge is -2.09. The standard InChI is InChI=1S/C20H21BrN6O2/c1-11-28-16-5-2-12(8-17(16)29-11)6-7-22-20-23-10-14(21)19(25-20)24-18-9-15(26-27-18)13-3-4-13/h2,5,8-11,13H,3-4,6-7H2,1H3,(H3,22,23,24,25,26,27). The maximum Gasteiger partial charge on any atom is 0.238 e. The van der Waals surface area contributed by atoms with E-state index in [9.17, 15) is 0 Å². The molecule has 8 nitrogen and oxygen atoms in total. The van der Waals surface area contributed by atoms with E-state index in [1.165, 1.54) is 12.8 Å². The minimum absolute atomic E-state index is 0.226. The number of aromatic nitrogens is 4. The predicted molar refractivity (Wildman–Crippen MR) is 113 cm³/mol. The summed E-state index contributed by atoms with van der Waals surface area (Å²) in [5, 5.41) is 13.9. The van der Waals surface area contributed by atoms with E-state index >= 15 is 0 Å². The molecule has 29 heavy (non-hydrogen) atoms. The summed E-state index contributed by atoms with van der Waals surface area (Å²) in [6.45, 7) is 2.58. The van der Waals surface area contributed by atoms with Gasteiger partial charge in [-0.05, 0) is 52.9 Å². The van der Waals surface area contributed by atoms with Gasteiger partial charge < -0.3 is 20.1 Å². The molecule has 3 aromatic rings. The first kappa shape index (κ1) is 18.2. The van der Waals surface area contributed by atoms with Crippen LogP contribution in [-0.2, 0) is 6.42 Å². The van der Waals surface area contributed by atoms with Crippen molar-refractivity contribution in [3.05, 3.63) is 46.2 Å². The number of hydrogen-bond acceptors (Lipinski definition) is 7. The molecule has 150 valence electrons. The summed E-state index contributed by atoms with van der Waals surface area (Å²) in [7, 11) is 0. The lowest BCUT2D eigenvalue weighted by Crippen LogP contribution is -2.11. The fourth-order valence-electron chi connectivity index (χ4n) is 3.25. The number of halogens is 1. The second-order valence-electron chi connectivity index (χ2n) is 7.26. The number of benzene rings is 1. The Morgan fingerprint density at radius 2 is 2.07 bits per heavy atom. The molecule has 1 aliphatic carbocycles. The molecule has 1 atom stereocenters. The Labute approximate surface area is 176 Å². The van der Waals surface area contributed by atoms with Crippen molar-refractivity contribution in [3.8, 4) is 11.5 Å². The fourth-order valence-corrected chi connectivity index (χ4v) is 3.54. The molecule has 1 saturated carbocycles. The summed E-state index contributed by atoms with van der Waals surface area (Å²) < 4.78 is 12.0. The minimum atomic E-state index is -0.226. The topological polar surface area (TPSA) is 97.0 Å². The van der Waals surface area contributed by atoms with Gasteiger partial charge in [0.15, 0.2) is 17.3 Å². The van der Waals surface area contributed by atoms with Crippen molar-refractivity contribution in [3.63, 3.8) is 0 Å². The third-order valence-electron chi connectivity index (χ3n) is 4.88. The van der Waals surface area contributed by atoms with Crippen molar-refractivity contribution in [2.24, 2.45) is 0 Å². The number of nitrogens with zero attached hydrogens (tertiary/aromatic N) is 3. The van der Waals surface area contributed by atoms with Crippen LogP contribution in [0.2, 0.25) is 0 Å². The zero-order valence-electron chi connectivity index (χ0n) is 15.9. The first-order valence-corrected chi connectivity index (χ1v) is 10.5. The second-order valence-corrected chi connectivity index (χ2v) is 8.11. The second kappa shape index (κ2) is 7.55. The van der Waals surface area contributed by atoms with E-state index < -0.39 is 0 Å². The Morgan fingerprint density at radius 1 is 1.21 bits per heavy atom. The molecule has 0 radical (unpaired) electrons. The van der Waals surface area contributed by atoms with Crippen molar-refractivity contribution < 1.29 is 9.47 Å². The summed E-state index contributed by atoms with van der Waals surface area (Å²) in [4.78, 5) is 8.91. The molecule has 0 saturated heterocycles. The number of ether oxygens (including phenoxy) is 2. The predicted octanol–water partition coefficient (Wildman–Crippen LogP) is 4.36. The van der Waals surface area contributed by atoms with Gasteiger partial charge in [0.25, 0.3) is 0 Å². The van der Waals surface area contributed by atoms with Crippen LogP contribution in [0.5, 0.6) is 11.5 Å². The number of rotatable bonds is 7. The average molecular weight is 457 g/mol. The van der Waals surface area contributed by atoms with Crippen molar-refractivity contribution in [2.75, 3.05) is 17.2 Å². The SMILES string of the molecule is CC1Oc2ccc(CCNc3ncc(Br)c(Nc4cc(C5CC5)n[nH]4)n3)cc2O1. The van der Waals surface area contributed by atoms with Crippen molar-refractivity contribution in [1.82, 2.24) is 20.2 Å². The van der Waals surface area contributed by atoms with Gasteiger partial charge in [0.1, 0.15) is 5.82 Å². The number of anilines is 3. The molecule has 2 aliphatic rings. The van der Waals surface area contributed by atoms with Crippen LogP contribution in [-0.4, -0.2) is 33.0 Å². The van der Waals surface area contributed by atoms with E-state index in [4.69, 9.17) is 9.47 Å². The number of H-pyrrole nitrogens is 1. The van der Waals surface area contributed by atoms with Crippen LogP contribution in [0.15, 0.2) is 34.9 Å². The summed E-state index contributed by atoms with van der Waals surface area (Å²) >= 11 is 3.50. The summed E-state index contributed by atoms with van der Waals surface area (Å²) in [5.41, 5.74) is 2.27. The minimum Gasteiger partial charge on any atom is -0.451 e. The molecular formula is C20H21BrN6O2. The molecule has 3 N–H and O–H groups in total. The van der Waals surface area contributed by atoms with Crippen LogP contribution >= 0.6 is 15.9 Å². The highest BCUT2D eigenvalue weighted by molar-refractivity contribution is 9.10. The summed E-state index contributed by atoms with van der Waals surface area (Å²) in [6.07, 6.45) is 4.77. The van der Waals surface area contributed by atoms with E-state index in [1.54, 1.807) is 6.20 Å². The first-order valence-electron chi connectivity index (χ1n) is 9.69. The van der Waals surface area contributed by atoms with Crippen LogP contribution < -0.4 is 20.1 Å². The zero-order chi connectivity index (χ0) is 19.8. The zero-order valence-corrected chi connectivity index (χ0v) is 17.5. The molecule has 0 spiro atoms. The van der Waals surface area contributed by atoms with E-state index in [1.807, 2.05) is 31.2 Å². The Kier molecular flexibility index (Phi) is 4.75. The lowest BCUT2D eigenvalue weighted by atomic mass is 10.1. The van der Waals surface area contributed by atoms with Crippen molar-refractivity contribution in [1.29, 1.82) is 0 Å². The Morgan fingerprint density at radius 3 is 2.93 bits per heavy atom. The van der Waals surface area contributed by atoms with Gasteiger partial charge in [-0.2, -0.15) is 10.1 Å². The smallest absolute Gasteiger partial charge is 0.238 e. The maximum absolute atomic E-state index is 5.63. The highest BCUT2D eigenvalue weighted by Crippen LogP contribution is 2.40. The Bertz CT molecular complexity index is 1040. The van der Waals surface area contributed by atoms with Gasteiger partial charge in [-0.3, -0.25) is 5.10 Å². The molecule has 3 heterocycles. The van der Waals surface area contributed by atoms with E-state index in [2.05, 4.69) is 46.7 Å². The highest BCUT2D eigenvalue weighted by Gasteiger charge is 2.26. The van der Waals surface area contributed by atoms with E-state index in [0.717, 1.165) is 39.5 Å². The van der Waals surface area contributed by atoms with Crippen LogP contribution in [0.1, 0.15) is 36.9 Å². The molecule has 1 aliphatic heterocycles. The van der Waals surface area contributed by atoms with Crippen LogP contribution in [0, 0.1) is 0 Å². The third kappa shape index (κ3) is 4.14. The molecule has 9 heteroatoms. The fraction of sp³-hybridized carbons (Fsp3) is 0.350. The van der Waals surface area contributed by atoms with E-state index in [-0.39, 0.29) is 6.29 Å². The summed E-state index contributed by atoms with van der Waals surface area (Å²) in [6, 6.07) is 8.06. The van der Waals surface area contributed by atoms with Gasteiger partial charge in [0, 0.05) is 31.6 Å². The monoisotopic (exact) mass is 456 g/mol. The average Bonchev–Trinajstić information content (AvgIpc) is 3.33. The van der Waals surface area contributed by atoms with Crippen molar-refractivity contribution in [2.45, 2.75) is 38.4 Å². The number of hydrogen-bond donors (Lipinski definition) is 3. The number of nitrogens with one attached hydrogen (secondary N) is 3. The molecule has 1 unspecified atom stereocenters. The number of aromatic amines is 1. The highest BCUT2D eigenvalue weighted by atomic mass is 79.9. The van der Waals surface area contributed by atoms with E-state index in [0.29, 0.717) is 24.2 Å². The van der Waals surface area contributed by atoms with Crippen LogP contribution in [0.3, 0.4) is 0 Å². The lowest BCUT2D eigenvalue weighted by molar-refractivity contribution is 0.0678. The van der Waals surface area contributed by atoms with Gasteiger partial charge in [0.05, 0.1) is 10.2 Å². The first-order chi connectivity index (χ1) is 14.1.